The number of alkyl halides is 3. The SMILES string of the molecule is COc1cccc(N(c2ccc(C(F)(F)F)cc2[N+](=O)[O-])N(CCC(N)=O)c2ccccc2)c1. The molecule has 3 aromatic carbocycles. The van der Waals surface area contributed by atoms with Crippen LogP contribution in [-0.4, -0.2) is 24.5 Å². The van der Waals surface area contributed by atoms with E-state index in [1.165, 1.54) is 17.1 Å². The summed E-state index contributed by atoms with van der Waals surface area (Å²) in [6, 6.07) is 17.3. The smallest absolute Gasteiger partial charge is 0.416 e. The van der Waals surface area contributed by atoms with Gasteiger partial charge in [0.25, 0.3) is 5.69 Å². The summed E-state index contributed by atoms with van der Waals surface area (Å²) >= 11 is 0. The Morgan fingerprint density at radius 2 is 1.71 bits per heavy atom. The molecule has 0 fully saturated rings. The lowest BCUT2D eigenvalue weighted by Crippen LogP contribution is -2.42. The highest BCUT2D eigenvalue weighted by molar-refractivity contribution is 5.79. The average Bonchev–Trinajstić information content (AvgIpc) is 2.81. The molecule has 34 heavy (non-hydrogen) atoms. The number of carbonyl (C=O) groups excluding carboxylic acids is 1. The van der Waals surface area contributed by atoms with Gasteiger partial charge in [-0.1, -0.05) is 24.3 Å². The Balaban J connectivity index is 2.29. The molecule has 3 rings (SSSR count). The van der Waals surface area contributed by atoms with Crippen molar-refractivity contribution in [1.82, 2.24) is 0 Å². The number of methoxy groups -OCH3 is 1. The maximum absolute atomic E-state index is 13.3. The summed E-state index contributed by atoms with van der Waals surface area (Å²) in [6.07, 6.45) is -4.89. The minimum Gasteiger partial charge on any atom is -0.497 e. The van der Waals surface area contributed by atoms with Crippen LogP contribution in [0.25, 0.3) is 0 Å². The van der Waals surface area contributed by atoms with Crippen molar-refractivity contribution in [3.63, 3.8) is 0 Å². The number of benzene rings is 3. The third-order valence-corrected chi connectivity index (χ3v) is 4.89. The molecule has 0 atom stereocenters. The van der Waals surface area contributed by atoms with Gasteiger partial charge in [-0.3, -0.25) is 19.9 Å². The quantitative estimate of drug-likeness (QED) is 0.344. The van der Waals surface area contributed by atoms with Crippen molar-refractivity contribution in [1.29, 1.82) is 0 Å². The van der Waals surface area contributed by atoms with Crippen LogP contribution in [0.4, 0.5) is 35.9 Å². The predicted molar refractivity (Wildman–Crippen MR) is 121 cm³/mol. The van der Waals surface area contributed by atoms with Gasteiger partial charge in [0.15, 0.2) is 0 Å². The molecule has 3 aromatic rings. The number of amides is 1. The second-order valence-corrected chi connectivity index (χ2v) is 7.15. The van der Waals surface area contributed by atoms with Gasteiger partial charge in [-0.25, -0.2) is 5.01 Å². The van der Waals surface area contributed by atoms with Gasteiger partial charge in [-0.15, -0.1) is 0 Å². The first-order valence-corrected chi connectivity index (χ1v) is 10.0. The highest BCUT2D eigenvalue weighted by atomic mass is 19.4. The van der Waals surface area contributed by atoms with Crippen molar-refractivity contribution in [2.24, 2.45) is 5.73 Å². The summed E-state index contributed by atoms with van der Waals surface area (Å²) in [5.41, 5.74) is 4.18. The number of nitro benzene ring substituents is 1. The third-order valence-electron chi connectivity index (χ3n) is 4.89. The van der Waals surface area contributed by atoms with Crippen LogP contribution in [0, 0.1) is 10.1 Å². The molecule has 1 amide bonds. The summed E-state index contributed by atoms with van der Waals surface area (Å²) < 4.78 is 45.2. The average molecular weight is 474 g/mol. The number of hydrazine groups is 1. The van der Waals surface area contributed by atoms with Crippen LogP contribution < -0.4 is 20.5 Å². The van der Waals surface area contributed by atoms with E-state index in [1.807, 2.05) is 0 Å². The van der Waals surface area contributed by atoms with Crippen molar-refractivity contribution in [3.05, 3.63) is 88.5 Å². The molecule has 0 spiro atoms. The van der Waals surface area contributed by atoms with Crippen molar-refractivity contribution in [2.45, 2.75) is 12.6 Å². The number of halogens is 3. The van der Waals surface area contributed by atoms with Gasteiger partial charge in [0, 0.05) is 25.1 Å². The Hall–Kier alpha value is -4.28. The van der Waals surface area contributed by atoms with Crippen LogP contribution in [0.5, 0.6) is 5.75 Å². The van der Waals surface area contributed by atoms with Crippen LogP contribution in [-0.2, 0) is 11.0 Å². The Kier molecular flexibility index (Phi) is 7.24. The van der Waals surface area contributed by atoms with Crippen LogP contribution in [0.1, 0.15) is 12.0 Å². The molecule has 0 heterocycles. The van der Waals surface area contributed by atoms with Crippen LogP contribution in [0.3, 0.4) is 0 Å². The molecule has 0 aliphatic rings. The molecule has 0 saturated carbocycles. The number of rotatable bonds is 9. The Bertz CT molecular complexity index is 1170. The largest absolute Gasteiger partial charge is 0.497 e. The summed E-state index contributed by atoms with van der Waals surface area (Å²) in [6.45, 7) is -0.00523. The van der Waals surface area contributed by atoms with Gasteiger partial charge in [0.2, 0.25) is 5.91 Å². The molecule has 2 N–H and O–H groups in total. The van der Waals surface area contributed by atoms with Crippen molar-refractivity contribution < 1.29 is 27.6 Å². The predicted octanol–water partition coefficient (Wildman–Crippen LogP) is 5.06. The molecule has 0 radical (unpaired) electrons. The lowest BCUT2D eigenvalue weighted by molar-refractivity contribution is -0.384. The molecular formula is C23H21F3N4O4. The fraction of sp³-hybridized carbons (Fsp3) is 0.174. The van der Waals surface area contributed by atoms with E-state index in [2.05, 4.69) is 0 Å². The minimum absolute atomic E-state index is 0.00523. The fourth-order valence-corrected chi connectivity index (χ4v) is 3.34. The molecule has 0 unspecified atom stereocenters. The number of para-hydroxylation sites is 1. The van der Waals surface area contributed by atoms with Crippen LogP contribution >= 0.6 is 0 Å². The second kappa shape index (κ2) is 10.1. The van der Waals surface area contributed by atoms with E-state index in [-0.39, 0.29) is 18.7 Å². The van der Waals surface area contributed by atoms with E-state index >= 15 is 0 Å². The zero-order valence-electron chi connectivity index (χ0n) is 18.0. The first-order valence-electron chi connectivity index (χ1n) is 10.0. The van der Waals surface area contributed by atoms with Gasteiger partial charge >= 0.3 is 6.18 Å². The molecule has 8 nitrogen and oxygen atoms in total. The third kappa shape index (κ3) is 5.55. The number of nitro groups is 1. The molecule has 0 aliphatic heterocycles. The van der Waals surface area contributed by atoms with Gasteiger partial charge < -0.3 is 10.5 Å². The standard InChI is InChI=1S/C23H21F3N4O4/c1-34-19-9-5-8-18(15-19)29(28(13-12-22(27)31)17-6-3-2-4-7-17)20-11-10-16(23(24,25)26)14-21(20)30(32)33/h2-11,14-15H,12-13H2,1H3,(H2,27,31). The molecule has 0 saturated heterocycles. The zero-order chi connectivity index (χ0) is 24.9. The lowest BCUT2D eigenvalue weighted by Gasteiger charge is -2.38. The lowest BCUT2D eigenvalue weighted by atomic mass is 10.1. The first-order chi connectivity index (χ1) is 16.1. The van der Waals surface area contributed by atoms with E-state index < -0.39 is 28.3 Å². The second-order valence-electron chi connectivity index (χ2n) is 7.15. The molecule has 0 aromatic heterocycles. The van der Waals surface area contributed by atoms with Gasteiger partial charge in [-0.05, 0) is 36.4 Å². The van der Waals surface area contributed by atoms with E-state index in [4.69, 9.17) is 10.5 Å². The number of hydrogen-bond acceptors (Lipinski definition) is 6. The van der Waals surface area contributed by atoms with E-state index in [1.54, 1.807) is 54.6 Å². The molecule has 11 heteroatoms. The van der Waals surface area contributed by atoms with Crippen LogP contribution in [0.15, 0.2) is 72.8 Å². The fourth-order valence-electron chi connectivity index (χ4n) is 3.34. The highest BCUT2D eigenvalue weighted by Gasteiger charge is 2.35. The summed E-state index contributed by atoms with van der Waals surface area (Å²) in [4.78, 5) is 22.6. The number of ether oxygens (including phenoxy) is 1. The maximum Gasteiger partial charge on any atom is 0.416 e. The van der Waals surface area contributed by atoms with Crippen molar-refractivity contribution >= 4 is 28.7 Å². The summed E-state index contributed by atoms with van der Waals surface area (Å²) in [5.74, 6) is -0.201. The first kappa shape index (κ1) is 24.4. The van der Waals surface area contributed by atoms with E-state index in [9.17, 15) is 28.1 Å². The Morgan fingerprint density at radius 1 is 1.03 bits per heavy atom. The van der Waals surface area contributed by atoms with Crippen LogP contribution in [0.2, 0.25) is 0 Å². The minimum atomic E-state index is -4.77. The highest BCUT2D eigenvalue weighted by Crippen LogP contribution is 2.41. The summed E-state index contributed by atoms with van der Waals surface area (Å²) in [5, 5.41) is 14.8. The summed E-state index contributed by atoms with van der Waals surface area (Å²) in [7, 11) is 1.44. The number of anilines is 3. The normalized spacial score (nSPS) is 11.1. The van der Waals surface area contributed by atoms with E-state index in [0.717, 1.165) is 12.1 Å². The number of nitrogens with two attached hydrogens (primary N) is 1. The Morgan fingerprint density at radius 3 is 2.29 bits per heavy atom. The number of hydrogen-bond donors (Lipinski definition) is 1. The number of carbonyl (C=O) groups is 1. The van der Waals surface area contributed by atoms with Gasteiger partial charge in [-0.2, -0.15) is 13.2 Å². The number of nitrogens with zero attached hydrogens (tertiary/aromatic N) is 3. The Labute approximate surface area is 193 Å². The van der Waals surface area contributed by atoms with Crippen molar-refractivity contribution in [3.8, 4) is 5.75 Å². The van der Waals surface area contributed by atoms with Crippen molar-refractivity contribution in [2.75, 3.05) is 23.7 Å². The zero-order valence-corrected chi connectivity index (χ0v) is 18.0. The van der Waals surface area contributed by atoms with E-state index in [0.29, 0.717) is 23.2 Å². The molecular weight excluding hydrogens is 453 g/mol. The molecule has 0 bridgehead atoms. The molecule has 178 valence electrons. The molecule has 0 aliphatic carbocycles. The van der Waals surface area contributed by atoms with Gasteiger partial charge in [0.05, 0.1) is 29.0 Å². The monoisotopic (exact) mass is 474 g/mol. The number of primary amides is 1. The topological polar surface area (TPSA) is 102 Å². The van der Waals surface area contributed by atoms with Gasteiger partial charge in [0.1, 0.15) is 11.4 Å². The maximum atomic E-state index is 13.3.